The van der Waals surface area contributed by atoms with Gasteiger partial charge in [-0.3, -0.25) is 9.48 Å². The van der Waals surface area contributed by atoms with Crippen molar-refractivity contribution in [2.24, 2.45) is 0 Å². The number of ether oxygens (including phenoxy) is 1. The third kappa shape index (κ3) is 2.68. The average Bonchev–Trinajstić information content (AvgIpc) is 2.71. The van der Waals surface area contributed by atoms with Gasteiger partial charge < -0.3 is 10.1 Å². The highest BCUT2D eigenvalue weighted by atomic mass is 35.5. The molecule has 1 fully saturated rings. The number of nitrogens with one attached hydrogen (secondary N) is 1. The Bertz CT molecular complexity index is 399. The molecule has 1 aromatic heterocycles. The smallest absolute Gasteiger partial charge is 0.212 e. The van der Waals surface area contributed by atoms with Crippen LogP contribution in [0.4, 0.5) is 0 Å². The second-order valence-corrected chi connectivity index (χ2v) is 4.40. The summed E-state index contributed by atoms with van der Waals surface area (Å²) >= 11 is 6.01. The van der Waals surface area contributed by atoms with Crippen molar-refractivity contribution in [3.63, 3.8) is 0 Å². The van der Waals surface area contributed by atoms with Crippen LogP contribution in [0.2, 0.25) is 5.02 Å². The van der Waals surface area contributed by atoms with Crippen LogP contribution >= 0.6 is 11.6 Å². The van der Waals surface area contributed by atoms with Crippen LogP contribution in [0.25, 0.3) is 0 Å². The maximum absolute atomic E-state index is 12.3. The lowest BCUT2D eigenvalue weighted by Crippen LogP contribution is -2.43. The molecule has 6 heteroatoms. The van der Waals surface area contributed by atoms with Crippen LogP contribution in [0.15, 0.2) is 6.20 Å². The van der Waals surface area contributed by atoms with E-state index in [2.05, 4.69) is 10.4 Å². The molecule has 0 bridgehead atoms. The van der Waals surface area contributed by atoms with E-state index >= 15 is 0 Å². The minimum absolute atomic E-state index is 0.0897. The third-order valence-electron chi connectivity index (χ3n) is 2.68. The van der Waals surface area contributed by atoms with E-state index in [1.165, 1.54) is 6.20 Å². The van der Waals surface area contributed by atoms with E-state index in [1.807, 2.05) is 6.92 Å². The molecule has 1 saturated heterocycles. The zero-order chi connectivity index (χ0) is 12.3. The second kappa shape index (κ2) is 5.62. The molecule has 5 nitrogen and oxygen atoms in total. The van der Waals surface area contributed by atoms with Crippen LogP contribution in [-0.4, -0.2) is 41.4 Å². The number of Topliss-reactive ketones (excluding diaryl/α,β-unsaturated/α-hetero) is 1. The minimum Gasteiger partial charge on any atom is -0.367 e. The number of carbonyl (C=O) groups is 1. The molecule has 17 heavy (non-hydrogen) atoms. The van der Waals surface area contributed by atoms with Gasteiger partial charge in [-0.2, -0.15) is 5.10 Å². The van der Waals surface area contributed by atoms with Crippen molar-refractivity contribution in [3.05, 3.63) is 16.9 Å². The molecule has 0 aromatic carbocycles. The Morgan fingerprint density at radius 3 is 3.24 bits per heavy atom. The van der Waals surface area contributed by atoms with Crippen LogP contribution in [0.3, 0.4) is 0 Å². The Hall–Kier alpha value is -0.910. The Morgan fingerprint density at radius 2 is 2.59 bits per heavy atom. The van der Waals surface area contributed by atoms with E-state index in [9.17, 15) is 4.79 Å². The van der Waals surface area contributed by atoms with Gasteiger partial charge in [0, 0.05) is 19.6 Å². The van der Waals surface area contributed by atoms with Crippen molar-refractivity contribution < 1.29 is 9.53 Å². The molecular weight excluding hydrogens is 242 g/mol. The molecule has 1 unspecified atom stereocenters. The number of halogens is 1. The molecule has 1 N–H and O–H groups in total. The highest BCUT2D eigenvalue weighted by molar-refractivity contribution is 6.33. The first-order valence-electron chi connectivity index (χ1n) is 5.82. The van der Waals surface area contributed by atoms with E-state index in [4.69, 9.17) is 16.3 Å². The minimum atomic E-state index is -0.450. The summed E-state index contributed by atoms with van der Waals surface area (Å²) in [6.07, 6.45) is 1.97. The summed E-state index contributed by atoms with van der Waals surface area (Å²) in [6, 6.07) is 0. The third-order valence-corrected chi connectivity index (χ3v) is 2.96. The first kappa shape index (κ1) is 12.5. The van der Waals surface area contributed by atoms with Gasteiger partial charge in [0.05, 0.1) is 17.8 Å². The quantitative estimate of drug-likeness (QED) is 0.822. The predicted molar refractivity (Wildman–Crippen MR) is 64.5 cm³/mol. The fourth-order valence-electron chi connectivity index (χ4n) is 1.88. The molecule has 1 atom stereocenters. The van der Waals surface area contributed by atoms with E-state index in [0.29, 0.717) is 30.4 Å². The van der Waals surface area contributed by atoms with Gasteiger partial charge in [-0.1, -0.05) is 18.5 Å². The van der Waals surface area contributed by atoms with Gasteiger partial charge in [0.25, 0.3) is 0 Å². The maximum atomic E-state index is 12.3. The highest BCUT2D eigenvalue weighted by Gasteiger charge is 2.27. The van der Waals surface area contributed by atoms with E-state index in [1.54, 1.807) is 4.68 Å². The topological polar surface area (TPSA) is 56.2 Å². The van der Waals surface area contributed by atoms with Crippen LogP contribution in [0, 0.1) is 0 Å². The molecular formula is C11H16ClN3O2. The molecule has 2 heterocycles. The number of aryl methyl sites for hydroxylation is 1. The van der Waals surface area contributed by atoms with Crippen molar-refractivity contribution in [1.29, 1.82) is 0 Å². The first-order chi connectivity index (χ1) is 8.24. The molecule has 1 aliphatic rings. The Kier molecular flexibility index (Phi) is 4.15. The molecule has 0 saturated carbocycles. The standard InChI is InChI=1S/C11H16ClN3O2/c1-2-4-15-10(8(12)6-14-15)11(16)9-7-13-3-5-17-9/h6,9,13H,2-5,7H2,1H3. The van der Waals surface area contributed by atoms with Crippen molar-refractivity contribution >= 4 is 17.4 Å². The zero-order valence-corrected chi connectivity index (χ0v) is 10.5. The summed E-state index contributed by atoms with van der Waals surface area (Å²) in [5.41, 5.74) is 0.460. The maximum Gasteiger partial charge on any atom is 0.212 e. The summed E-state index contributed by atoms with van der Waals surface area (Å²) in [5, 5.41) is 7.64. The second-order valence-electron chi connectivity index (χ2n) is 3.99. The molecule has 94 valence electrons. The van der Waals surface area contributed by atoms with Crippen LogP contribution in [0.1, 0.15) is 23.8 Å². The van der Waals surface area contributed by atoms with Crippen molar-refractivity contribution in [1.82, 2.24) is 15.1 Å². The van der Waals surface area contributed by atoms with Gasteiger partial charge in [-0.15, -0.1) is 0 Å². The lowest BCUT2D eigenvalue weighted by Gasteiger charge is -2.22. The Balaban J connectivity index is 2.19. The molecule has 1 aliphatic heterocycles. The molecule has 0 amide bonds. The predicted octanol–water partition coefficient (Wildman–Crippen LogP) is 1.12. The molecule has 0 aliphatic carbocycles. The fraction of sp³-hybridized carbons (Fsp3) is 0.636. The summed E-state index contributed by atoms with van der Waals surface area (Å²) in [5.74, 6) is -0.0897. The lowest BCUT2D eigenvalue weighted by molar-refractivity contribution is 0.0261. The van der Waals surface area contributed by atoms with Crippen LogP contribution in [0.5, 0.6) is 0 Å². The number of hydrogen-bond acceptors (Lipinski definition) is 4. The van der Waals surface area contributed by atoms with Gasteiger partial charge in [0.2, 0.25) is 5.78 Å². The van der Waals surface area contributed by atoms with Gasteiger partial charge in [0.15, 0.2) is 0 Å². The van der Waals surface area contributed by atoms with Gasteiger partial charge in [-0.25, -0.2) is 0 Å². The Labute approximate surface area is 105 Å². The van der Waals surface area contributed by atoms with E-state index in [0.717, 1.165) is 13.0 Å². The first-order valence-corrected chi connectivity index (χ1v) is 6.19. The van der Waals surface area contributed by atoms with Crippen molar-refractivity contribution in [2.75, 3.05) is 19.7 Å². The number of hydrogen-bond donors (Lipinski definition) is 1. The normalized spacial score (nSPS) is 20.5. The van der Waals surface area contributed by atoms with E-state index in [-0.39, 0.29) is 5.78 Å². The number of morpholine rings is 1. The summed E-state index contributed by atoms with van der Waals surface area (Å²) in [4.78, 5) is 12.3. The lowest BCUT2D eigenvalue weighted by atomic mass is 10.1. The fourth-order valence-corrected chi connectivity index (χ4v) is 2.11. The van der Waals surface area contributed by atoms with E-state index < -0.39 is 6.10 Å². The number of nitrogens with zero attached hydrogens (tertiary/aromatic N) is 2. The summed E-state index contributed by atoms with van der Waals surface area (Å²) < 4.78 is 7.10. The Morgan fingerprint density at radius 1 is 1.76 bits per heavy atom. The monoisotopic (exact) mass is 257 g/mol. The number of ketones is 1. The summed E-state index contributed by atoms with van der Waals surface area (Å²) in [6.45, 7) is 4.59. The summed E-state index contributed by atoms with van der Waals surface area (Å²) in [7, 11) is 0. The van der Waals surface area contributed by atoms with Crippen LogP contribution < -0.4 is 5.32 Å². The highest BCUT2D eigenvalue weighted by Crippen LogP contribution is 2.18. The molecule has 0 spiro atoms. The van der Waals surface area contributed by atoms with Gasteiger partial charge in [-0.05, 0) is 6.42 Å². The van der Waals surface area contributed by atoms with Gasteiger partial charge >= 0.3 is 0 Å². The van der Waals surface area contributed by atoms with Crippen molar-refractivity contribution in [3.8, 4) is 0 Å². The molecule has 1 aromatic rings. The average molecular weight is 258 g/mol. The SMILES string of the molecule is CCCn1ncc(Cl)c1C(=O)C1CNCCO1. The number of carbonyl (C=O) groups excluding carboxylic acids is 1. The molecule has 0 radical (unpaired) electrons. The number of aromatic nitrogens is 2. The van der Waals surface area contributed by atoms with Crippen LogP contribution in [-0.2, 0) is 11.3 Å². The van der Waals surface area contributed by atoms with Gasteiger partial charge in [0.1, 0.15) is 11.8 Å². The number of rotatable bonds is 4. The molecule has 2 rings (SSSR count). The van der Waals surface area contributed by atoms with Crippen molar-refractivity contribution in [2.45, 2.75) is 26.0 Å². The zero-order valence-electron chi connectivity index (χ0n) is 9.78. The largest absolute Gasteiger partial charge is 0.367 e.